The zero-order chi connectivity index (χ0) is 24.7. The Kier molecular flexibility index (Phi) is 6.00. The molecule has 5 rings (SSSR count). The minimum absolute atomic E-state index is 0.264. The van der Waals surface area contributed by atoms with Crippen molar-refractivity contribution in [1.29, 1.82) is 0 Å². The number of halogens is 1. The van der Waals surface area contributed by atoms with Crippen molar-refractivity contribution in [2.45, 2.75) is 19.9 Å². The van der Waals surface area contributed by atoms with Gasteiger partial charge in [0.2, 0.25) is 0 Å². The van der Waals surface area contributed by atoms with Crippen LogP contribution in [-0.4, -0.2) is 27.4 Å². The fourth-order valence-corrected chi connectivity index (χ4v) is 5.54. The lowest BCUT2D eigenvalue weighted by atomic mass is 9.96. The Morgan fingerprint density at radius 1 is 1.09 bits per heavy atom. The number of allylic oxidation sites excluding steroid dienone is 1. The lowest BCUT2D eigenvalue weighted by Crippen LogP contribution is -2.39. The van der Waals surface area contributed by atoms with Crippen molar-refractivity contribution in [3.05, 3.63) is 114 Å². The molecule has 2 aromatic carbocycles. The summed E-state index contributed by atoms with van der Waals surface area (Å²) in [7, 11) is 1.32. The molecule has 176 valence electrons. The van der Waals surface area contributed by atoms with E-state index in [0.29, 0.717) is 37.0 Å². The maximum absolute atomic E-state index is 13.7. The van der Waals surface area contributed by atoms with Gasteiger partial charge in [-0.1, -0.05) is 71.5 Å². The number of aromatic nitrogens is 3. The summed E-state index contributed by atoms with van der Waals surface area (Å²) < 4.78 is 8.68. The number of ether oxygens (including phenoxy) is 1. The normalized spacial score (nSPS) is 15.7. The molecule has 2 aromatic heterocycles. The summed E-state index contributed by atoms with van der Waals surface area (Å²) in [6.45, 7) is 3.60. The van der Waals surface area contributed by atoms with Gasteiger partial charge in [-0.3, -0.25) is 9.36 Å². The third kappa shape index (κ3) is 3.94. The van der Waals surface area contributed by atoms with E-state index in [0.717, 1.165) is 11.3 Å². The standard InChI is InChI=1S/C26H21ClN4O3S/c1-15-19(23(27)31(29-15)18-12-8-5-9-13-18)14-20-24(32)30-22(17-10-6-4-7-11-17)21(25(33)34-3)16(2)28-26(30)35-20/h4-14,22H,1-3H3/b20-14+/t22-/m1/s1. The van der Waals surface area contributed by atoms with E-state index < -0.39 is 12.0 Å². The highest BCUT2D eigenvalue weighted by Crippen LogP contribution is 2.30. The van der Waals surface area contributed by atoms with Crippen LogP contribution >= 0.6 is 22.9 Å². The van der Waals surface area contributed by atoms with Crippen LogP contribution in [0.4, 0.5) is 0 Å². The molecule has 0 fully saturated rings. The van der Waals surface area contributed by atoms with Gasteiger partial charge in [0, 0.05) is 5.56 Å². The Morgan fingerprint density at radius 3 is 2.40 bits per heavy atom. The number of fused-ring (bicyclic) bond motifs is 1. The van der Waals surface area contributed by atoms with E-state index in [1.54, 1.807) is 22.2 Å². The van der Waals surface area contributed by atoms with E-state index in [-0.39, 0.29) is 5.56 Å². The number of hydrogen-bond donors (Lipinski definition) is 0. The minimum atomic E-state index is -0.648. The van der Waals surface area contributed by atoms with Crippen LogP contribution < -0.4 is 14.9 Å². The first kappa shape index (κ1) is 23.0. The topological polar surface area (TPSA) is 78.5 Å². The van der Waals surface area contributed by atoms with Gasteiger partial charge in [0.25, 0.3) is 5.56 Å². The fraction of sp³-hybridized carbons (Fsp3) is 0.154. The number of esters is 1. The first-order chi connectivity index (χ1) is 16.9. The molecule has 1 aliphatic heterocycles. The molecule has 0 aliphatic carbocycles. The number of methoxy groups -OCH3 is 1. The van der Waals surface area contributed by atoms with Gasteiger partial charge in [0.1, 0.15) is 5.15 Å². The van der Waals surface area contributed by atoms with Crippen LogP contribution in [0.3, 0.4) is 0 Å². The molecule has 0 amide bonds. The number of hydrogen-bond acceptors (Lipinski definition) is 6. The van der Waals surface area contributed by atoms with E-state index in [9.17, 15) is 9.59 Å². The van der Waals surface area contributed by atoms with Gasteiger partial charge in [-0.2, -0.15) is 5.10 Å². The smallest absolute Gasteiger partial charge is 0.338 e. The number of thiazole rings is 1. The number of aryl methyl sites for hydroxylation is 1. The minimum Gasteiger partial charge on any atom is -0.466 e. The number of benzene rings is 2. The molecular weight excluding hydrogens is 484 g/mol. The molecule has 0 unspecified atom stereocenters. The maximum atomic E-state index is 13.7. The summed E-state index contributed by atoms with van der Waals surface area (Å²) in [4.78, 5) is 31.5. The van der Waals surface area contributed by atoms with Crippen LogP contribution in [0.25, 0.3) is 11.8 Å². The molecule has 4 aromatic rings. The average molecular weight is 505 g/mol. The van der Waals surface area contributed by atoms with Gasteiger partial charge in [-0.25, -0.2) is 14.5 Å². The second-order valence-electron chi connectivity index (χ2n) is 8.02. The molecule has 0 radical (unpaired) electrons. The van der Waals surface area contributed by atoms with E-state index in [1.807, 2.05) is 67.6 Å². The van der Waals surface area contributed by atoms with Crippen LogP contribution in [-0.2, 0) is 9.53 Å². The Balaban J connectivity index is 1.72. The molecule has 0 saturated heterocycles. The van der Waals surface area contributed by atoms with Crippen molar-refractivity contribution in [2.24, 2.45) is 4.99 Å². The van der Waals surface area contributed by atoms with Gasteiger partial charge in [0.15, 0.2) is 4.80 Å². The summed E-state index contributed by atoms with van der Waals surface area (Å²) in [5.41, 5.74) is 3.55. The summed E-state index contributed by atoms with van der Waals surface area (Å²) in [5.74, 6) is -0.516. The van der Waals surface area contributed by atoms with Gasteiger partial charge in [-0.05, 0) is 37.6 Å². The van der Waals surface area contributed by atoms with E-state index >= 15 is 0 Å². The molecule has 0 N–H and O–H groups in total. The Hall–Kier alpha value is -3.75. The highest BCUT2D eigenvalue weighted by Gasteiger charge is 2.33. The first-order valence-electron chi connectivity index (χ1n) is 10.9. The van der Waals surface area contributed by atoms with E-state index in [4.69, 9.17) is 16.3 Å². The van der Waals surface area contributed by atoms with Crippen LogP contribution in [0.1, 0.15) is 29.8 Å². The molecule has 1 atom stereocenters. The summed E-state index contributed by atoms with van der Waals surface area (Å²) in [6.07, 6.45) is 1.74. The van der Waals surface area contributed by atoms with Gasteiger partial charge >= 0.3 is 5.97 Å². The van der Waals surface area contributed by atoms with E-state index in [2.05, 4.69) is 10.1 Å². The monoisotopic (exact) mass is 504 g/mol. The van der Waals surface area contributed by atoms with E-state index in [1.165, 1.54) is 18.4 Å². The van der Waals surface area contributed by atoms with Crippen molar-refractivity contribution in [3.8, 4) is 5.69 Å². The Morgan fingerprint density at radius 2 is 1.74 bits per heavy atom. The number of carbonyl (C=O) groups is 1. The molecule has 0 saturated carbocycles. The Bertz CT molecular complexity index is 1650. The lowest BCUT2D eigenvalue weighted by Gasteiger charge is -2.24. The molecule has 7 nitrogen and oxygen atoms in total. The quantitative estimate of drug-likeness (QED) is 0.398. The number of para-hydroxylation sites is 1. The van der Waals surface area contributed by atoms with Gasteiger partial charge in [-0.15, -0.1) is 0 Å². The zero-order valence-corrected chi connectivity index (χ0v) is 20.8. The van der Waals surface area contributed by atoms with Crippen LogP contribution in [0.15, 0.2) is 81.7 Å². The molecule has 0 bridgehead atoms. The summed E-state index contributed by atoms with van der Waals surface area (Å²) >= 11 is 7.95. The first-order valence-corrected chi connectivity index (χ1v) is 12.1. The largest absolute Gasteiger partial charge is 0.466 e. The van der Waals surface area contributed by atoms with Gasteiger partial charge in [0.05, 0.1) is 40.3 Å². The SMILES string of the molecule is COC(=O)C1=C(C)N=c2s/c(=C/c3c(C)nn(-c4ccccc4)c3Cl)c(=O)n2[C@@H]1c1ccccc1. The number of rotatable bonds is 4. The number of nitrogens with zero attached hydrogens (tertiary/aromatic N) is 4. The summed E-state index contributed by atoms with van der Waals surface area (Å²) in [5, 5.41) is 4.97. The summed E-state index contributed by atoms with van der Waals surface area (Å²) in [6, 6.07) is 18.3. The predicted octanol–water partition coefficient (Wildman–Crippen LogP) is 3.56. The maximum Gasteiger partial charge on any atom is 0.338 e. The molecular formula is C26H21ClN4O3S. The second kappa shape index (κ2) is 9.13. The highest BCUT2D eigenvalue weighted by atomic mass is 35.5. The average Bonchev–Trinajstić information content (AvgIpc) is 3.34. The van der Waals surface area contributed by atoms with Crippen molar-refractivity contribution < 1.29 is 9.53 Å². The highest BCUT2D eigenvalue weighted by molar-refractivity contribution is 7.07. The fourth-order valence-electron chi connectivity index (χ4n) is 4.19. The third-order valence-electron chi connectivity index (χ3n) is 5.87. The molecule has 9 heteroatoms. The molecule has 35 heavy (non-hydrogen) atoms. The van der Waals surface area contributed by atoms with Crippen molar-refractivity contribution in [3.63, 3.8) is 0 Å². The zero-order valence-electron chi connectivity index (χ0n) is 19.2. The van der Waals surface area contributed by atoms with Crippen molar-refractivity contribution in [2.75, 3.05) is 7.11 Å². The van der Waals surface area contributed by atoms with Crippen LogP contribution in [0, 0.1) is 6.92 Å². The predicted molar refractivity (Wildman–Crippen MR) is 136 cm³/mol. The lowest BCUT2D eigenvalue weighted by molar-refractivity contribution is -0.136. The number of carbonyl (C=O) groups excluding carboxylic acids is 1. The van der Waals surface area contributed by atoms with Gasteiger partial charge < -0.3 is 4.74 Å². The molecule has 3 heterocycles. The Labute approximate surface area is 209 Å². The van der Waals surface area contributed by atoms with Crippen LogP contribution in [0.5, 0.6) is 0 Å². The van der Waals surface area contributed by atoms with Crippen LogP contribution in [0.2, 0.25) is 5.15 Å². The third-order valence-corrected chi connectivity index (χ3v) is 7.21. The molecule has 1 aliphatic rings. The second-order valence-corrected chi connectivity index (χ2v) is 9.39. The molecule has 0 spiro atoms. The van der Waals surface area contributed by atoms with Crippen molar-refractivity contribution >= 4 is 35.0 Å². The van der Waals surface area contributed by atoms with Crippen molar-refractivity contribution in [1.82, 2.24) is 14.3 Å².